The van der Waals surface area contributed by atoms with E-state index in [0.717, 1.165) is 30.7 Å². The van der Waals surface area contributed by atoms with Gasteiger partial charge in [0.2, 0.25) is 0 Å². The minimum Gasteiger partial charge on any atom is -0.491 e. The topological polar surface area (TPSA) is 21.7 Å². The van der Waals surface area contributed by atoms with Crippen molar-refractivity contribution in [3.63, 3.8) is 0 Å². The fourth-order valence-electron chi connectivity index (χ4n) is 3.62. The number of rotatable bonds is 9. The number of hydrogen-bond donors (Lipinski definition) is 0. The third kappa shape index (κ3) is 6.45. The van der Waals surface area contributed by atoms with Gasteiger partial charge in [0, 0.05) is 19.6 Å². The summed E-state index contributed by atoms with van der Waals surface area (Å²) in [4.78, 5) is 2.54. The molecule has 0 unspecified atom stereocenters. The zero-order valence-electron chi connectivity index (χ0n) is 16.0. The summed E-state index contributed by atoms with van der Waals surface area (Å²) < 4.78 is 11.5. The van der Waals surface area contributed by atoms with Gasteiger partial charge in [0.1, 0.15) is 12.4 Å². The number of piperidine rings is 1. The van der Waals surface area contributed by atoms with Gasteiger partial charge in [-0.3, -0.25) is 0 Å². The number of ether oxygens (including phenoxy) is 2. The molecule has 1 fully saturated rings. The van der Waals surface area contributed by atoms with Crippen LogP contribution >= 0.6 is 0 Å². The van der Waals surface area contributed by atoms with E-state index < -0.39 is 0 Å². The molecule has 1 aromatic rings. The molecule has 0 aliphatic carbocycles. The van der Waals surface area contributed by atoms with Gasteiger partial charge >= 0.3 is 0 Å². The maximum atomic E-state index is 5.76. The number of likely N-dealkylation sites (tertiary alicyclic amines) is 1. The molecule has 3 atom stereocenters. The Morgan fingerprint density at radius 2 is 1.71 bits per heavy atom. The highest BCUT2D eigenvalue weighted by atomic mass is 16.5. The lowest BCUT2D eigenvalue weighted by atomic mass is 9.92. The summed E-state index contributed by atoms with van der Waals surface area (Å²) in [6, 6.07) is 8.47. The minimum atomic E-state index is 0.614. The quantitative estimate of drug-likeness (QED) is 0.618. The summed E-state index contributed by atoms with van der Waals surface area (Å²) in [5.74, 6) is 3.18. The molecule has 1 aromatic carbocycles. The molecule has 0 N–H and O–H groups in total. The first kappa shape index (κ1) is 19.3. The summed E-state index contributed by atoms with van der Waals surface area (Å²) >= 11 is 0. The van der Waals surface area contributed by atoms with Crippen molar-refractivity contribution in [2.45, 2.75) is 46.5 Å². The van der Waals surface area contributed by atoms with Gasteiger partial charge in [-0.15, -0.1) is 0 Å². The predicted molar refractivity (Wildman–Crippen MR) is 101 cm³/mol. The van der Waals surface area contributed by atoms with E-state index in [9.17, 15) is 0 Å². The van der Waals surface area contributed by atoms with Crippen LogP contribution in [0.15, 0.2) is 24.3 Å². The number of nitrogens with zero attached hydrogens (tertiary/aromatic N) is 1. The Morgan fingerprint density at radius 3 is 2.33 bits per heavy atom. The van der Waals surface area contributed by atoms with E-state index in [1.54, 1.807) is 0 Å². The van der Waals surface area contributed by atoms with Gasteiger partial charge < -0.3 is 14.4 Å². The minimum absolute atomic E-state index is 0.614. The summed E-state index contributed by atoms with van der Waals surface area (Å²) in [6.45, 7) is 14.7. The third-order valence-electron chi connectivity index (χ3n) is 5.05. The highest BCUT2D eigenvalue weighted by Gasteiger charge is 2.21. The van der Waals surface area contributed by atoms with Gasteiger partial charge in [-0.1, -0.05) is 39.8 Å². The molecular weight excluding hydrogens is 298 g/mol. The second kappa shape index (κ2) is 10.0. The molecule has 1 aliphatic rings. The molecule has 1 saturated heterocycles. The molecular formula is C21H35NO2. The summed E-state index contributed by atoms with van der Waals surface area (Å²) in [5, 5.41) is 0. The Hall–Kier alpha value is -1.06. The lowest BCUT2D eigenvalue weighted by Crippen LogP contribution is -2.40. The van der Waals surface area contributed by atoms with Crippen molar-refractivity contribution in [1.82, 2.24) is 4.90 Å². The van der Waals surface area contributed by atoms with Gasteiger partial charge in [-0.25, -0.2) is 0 Å². The van der Waals surface area contributed by atoms with Crippen LogP contribution in [0.3, 0.4) is 0 Å². The van der Waals surface area contributed by atoms with Crippen LogP contribution in [0.5, 0.6) is 5.75 Å². The van der Waals surface area contributed by atoms with Crippen LogP contribution in [0, 0.1) is 11.8 Å². The van der Waals surface area contributed by atoms with Crippen molar-refractivity contribution in [3.8, 4) is 5.75 Å². The summed E-state index contributed by atoms with van der Waals surface area (Å²) in [5.41, 5.74) is 1.38. The standard InChI is InChI=1S/C21H35NO2/c1-5-19(4)20-6-8-21(9-7-20)24-13-12-23-11-10-22-15-17(2)14-18(3)16-22/h6-9,17-19H,5,10-16H2,1-4H3/t17-,18-,19+/m1/s1. The Balaban J connectivity index is 1.56. The largest absolute Gasteiger partial charge is 0.491 e. The van der Waals surface area contributed by atoms with Crippen LogP contribution in [0.1, 0.15) is 52.0 Å². The Bertz CT molecular complexity index is 449. The molecule has 0 bridgehead atoms. The van der Waals surface area contributed by atoms with Crippen molar-refractivity contribution in [1.29, 1.82) is 0 Å². The highest BCUT2D eigenvalue weighted by Crippen LogP contribution is 2.22. The SMILES string of the molecule is CC[C@H](C)c1ccc(OCCOCCN2C[C@H](C)C[C@@H](C)C2)cc1. The molecule has 3 nitrogen and oxygen atoms in total. The monoisotopic (exact) mass is 333 g/mol. The van der Waals surface area contributed by atoms with Crippen molar-refractivity contribution >= 4 is 0 Å². The number of benzene rings is 1. The molecule has 0 saturated carbocycles. The lowest BCUT2D eigenvalue weighted by Gasteiger charge is -2.34. The Morgan fingerprint density at radius 1 is 1.04 bits per heavy atom. The maximum Gasteiger partial charge on any atom is 0.119 e. The average molecular weight is 334 g/mol. The van der Waals surface area contributed by atoms with Crippen LogP contribution in [-0.2, 0) is 4.74 Å². The first-order chi connectivity index (χ1) is 11.6. The molecule has 0 radical (unpaired) electrons. The Kier molecular flexibility index (Phi) is 8.07. The molecule has 136 valence electrons. The van der Waals surface area contributed by atoms with Crippen LogP contribution in [0.4, 0.5) is 0 Å². The zero-order valence-corrected chi connectivity index (χ0v) is 16.0. The average Bonchev–Trinajstić information content (AvgIpc) is 2.57. The third-order valence-corrected chi connectivity index (χ3v) is 5.05. The van der Waals surface area contributed by atoms with Crippen LogP contribution in [-0.4, -0.2) is 44.4 Å². The molecule has 0 spiro atoms. The predicted octanol–water partition coefficient (Wildman–Crippen LogP) is 4.57. The van der Waals surface area contributed by atoms with E-state index in [1.165, 1.54) is 31.5 Å². The molecule has 1 heterocycles. The van der Waals surface area contributed by atoms with Gasteiger partial charge in [0.05, 0.1) is 13.2 Å². The van der Waals surface area contributed by atoms with Gasteiger partial charge in [0.25, 0.3) is 0 Å². The summed E-state index contributed by atoms with van der Waals surface area (Å²) in [6.07, 6.45) is 2.53. The molecule has 3 heteroatoms. The highest BCUT2D eigenvalue weighted by molar-refractivity contribution is 5.29. The molecule has 24 heavy (non-hydrogen) atoms. The van der Waals surface area contributed by atoms with E-state index >= 15 is 0 Å². The van der Waals surface area contributed by atoms with Gasteiger partial charge in [0.15, 0.2) is 0 Å². The van der Waals surface area contributed by atoms with E-state index in [1.807, 2.05) is 0 Å². The van der Waals surface area contributed by atoms with Crippen molar-refractivity contribution in [2.24, 2.45) is 11.8 Å². The zero-order chi connectivity index (χ0) is 17.4. The summed E-state index contributed by atoms with van der Waals surface area (Å²) in [7, 11) is 0. The van der Waals surface area contributed by atoms with Crippen molar-refractivity contribution < 1.29 is 9.47 Å². The Labute approximate surface area is 148 Å². The molecule has 0 amide bonds. The molecule has 2 rings (SSSR count). The van der Waals surface area contributed by atoms with Gasteiger partial charge in [-0.05, 0) is 48.3 Å². The van der Waals surface area contributed by atoms with E-state index in [0.29, 0.717) is 19.1 Å². The van der Waals surface area contributed by atoms with E-state index in [4.69, 9.17) is 9.47 Å². The fourth-order valence-corrected chi connectivity index (χ4v) is 3.62. The first-order valence-corrected chi connectivity index (χ1v) is 9.61. The van der Waals surface area contributed by atoms with Crippen LogP contribution in [0.25, 0.3) is 0 Å². The second-order valence-corrected chi connectivity index (χ2v) is 7.54. The van der Waals surface area contributed by atoms with Crippen LogP contribution in [0.2, 0.25) is 0 Å². The van der Waals surface area contributed by atoms with Gasteiger partial charge in [-0.2, -0.15) is 0 Å². The smallest absolute Gasteiger partial charge is 0.119 e. The molecule has 0 aromatic heterocycles. The lowest BCUT2D eigenvalue weighted by molar-refractivity contribution is 0.0595. The first-order valence-electron chi connectivity index (χ1n) is 9.61. The van der Waals surface area contributed by atoms with E-state index in [-0.39, 0.29) is 0 Å². The van der Waals surface area contributed by atoms with E-state index in [2.05, 4.69) is 56.9 Å². The number of hydrogen-bond acceptors (Lipinski definition) is 3. The van der Waals surface area contributed by atoms with Crippen molar-refractivity contribution in [2.75, 3.05) is 39.5 Å². The van der Waals surface area contributed by atoms with Crippen molar-refractivity contribution in [3.05, 3.63) is 29.8 Å². The van der Waals surface area contributed by atoms with Crippen LogP contribution < -0.4 is 4.74 Å². The molecule has 1 aliphatic heterocycles. The normalized spacial score (nSPS) is 23.2. The fraction of sp³-hybridized carbons (Fsp3) is 0.714. The maximum absolute atomic E-state index is 5.76. The second-order valence-electron chi connectivity index (χ2n) is 7.54.